The Morgan fingerprint density at radius 3 is 2.27 bits per heavy atom. The van der Waals surface area contributed by atoms with Crippen LogP contribution >= 0.6 is 0 Å². The van der Waals surface area contributed by atoms with Gasteiger partial charge in [-0.05, 0) is 32.0 Å². The maximum Gasteiger partial charge on any atom is 0.236 e. The fourth-order valence-corrected chi connectivity index (χ4v) is 3.76. The molecule has 1 saturated heterocycles. The number of amides is 2. The second-order valence-electron chi connectivity index (χ2n) is 7.50. The minimum absolute atomic E-state index is 0.0180. The van der Waals surface area contributed by atoms with E-state index in [0.717, 1.165) is 0 Å². The van der Waals surface area contributed by atoms with E-state index in [1.165, 1.54) is 0 Å². The smallest absolute Gasteiger partial charge is 0.236 e. The van der Waals surface area contributed by atoms with Gasteiger partial charge in [0.15, 0.2) is 17.3 Å². The Bertz CT molecular complexity index is 770. The van der Waals surface area contributed by atoms with Crippen molar-refractivity contribution in [3.8, 4) is 11.5 Å². The van der Waals surface area contributed by atoms with Gasteiger partial charge >= 0.3 is 0 Å². The fourth-order valence-electron chi connectivity index (χ4n) is 3.76. The topological polar surface area (TPSA) is 79.4 Å². The Balaban J connectivity index is 1.42. The molecule has 0 N–H and O–H groups in total. The molecule has 2 heterocycles. The van der Waals surface area contributed by atoms with E-state index in [1.807, 2.05) is 18.7 Å². The highest BCUT2D eigenvalue weighted by Crippen LogP contribution is 2.31. The monoisotopic (exact) mass is 417 g/mol. The molecular weight excluding hydrogens is 386 g/mol. The summed E-state index contributed by atoms with van der Waals surface area (Å²) in [5, 5.41) is 0. The van der Waals surface area contributed by atoms with E-state index in [4.69, 9.17) is 9.47 Å². The summed E-state index contributed by atoms with van der Waals surface area (Å²) < 4.78 is 11.0. The Morgan fingerprint density at radius 1 is 0.933 bits per heavy atom. The predicted octanol–water partition coefficient (Wildman–Crippen LogP) is 1.43. The zero-order valence-corrected chi connectivity index (χ0v) is 17.9. The SMILES string of the molecule is CCN(CC)C(=O)CN1CCN(C(=O)CCC(=O)c2ccc3c(c2)OCCO3)CC1. The van der Waals surface area contributed by atoms with Gasteiger partial charge in [-0.2, -0.15) is 0 Å². The van der Waals surface area contributed by atoms with Crippen molar-refractivity contribution in [2.75, 3.05) is 59.0 Å². The summed E-state index contributed by atoms with van der Waals surface area (Å²) in [6.45, 7) is 9.27. The number of benzene rings is 1. The molecule has 2 aliphatic rings. The van der Waals surface area contributed by atoms with E-state index in [-0.39, 0.29) is 30.4 Å². The number of hydrogen-bond donors (Lipinski definition) is 0. The van der Waals surface area contributed by atoms with Crippen molar-refractivity contribution >= 4 is 17.6 Å². The van der Waals surface area contributed by atoms with Crippen molar-refractivity contribution in [3.05, 3.63) is 23.8 Å². The highest BCUT2D eigenvalue weighted by atomic mass is 16.6. The van der Waals surface area contributed by atoms with E-state index in [9.17, 15) is 14.4 Å². The molecule has 0 atom stereocenters. The van der Waals surface area contributed by atoms with Gasteiger partial charge in [-0.25, -0.2) is 0 Å². The average molecular weight is 418 g/mol. The predicted molar refractivity (Wildman–Crippen MR) is 112 cm³/mol. The summed E-state index contributed by atoms with van der Waals surface area (Å²) in [5.74, 6) is 1.25. The van der Waals surface area contributed by atoms with Crippen molar-refractivity contribution in [3.63, 3.8) is 0 Å². The van der Waals surface area contributed by atoms with Crippen LogP contribution in [0.2, 0.25) is 0 Å². The zero-order valence-electron chi connectivity index (χ0n) is 17.9. The lowest BCUT2D eigenvalue weighted by Gasteiger charge is -2.35. The van der Waals surface area contributed by atoms with Crippen LogP contribution in [-0.2, 0) is 9.59 Å². The van der Waals surface area contributed by atoms with Crippen molar-refractivity contribution in [1.82, 2.24) is 14.7 Å². The molecule has 8 heteroatoms. The van der Waals surface area contributed by atoms with Crippen molar-refractivity contribution < 1.29 is 23.9 Å². The summed E-state index contributed by atoms with van der Waals surface area (Å²) in [6.07, 6.45) is 0.352. The summed E-state index contributed by atoms with van der Waals surface area (Å²) in [5.41, 5.74) is 0.534. The Morgan fingerprint density at radius 2 is 1.60 bits per heavy atom. The van der Waals surface area contributed by atoms with Crippen molar-refractivity contribution in [2.24, 2.45) is 0 Å². The third-order valence-electron chi connectivity index (χ3n) is 5.63. The van der Waals surface area contributed by atoms with Gasteiger partial charge in [-0.3, -0.25) is 19.3 Å². The van der Waals surface area contributed by atoms with Crippen LogP contribution in [0.5, 0.6) is 11.5 Å². The van der Waals surface area contributed by atoms with Crippen LogP contribution in [0.25, 0.3) is 0 Å². The quantitative estimate of drug-likeness (QED) is 0.596. The molecular formula is C22H31N3O5. The molecule has 0 aromatic heterocycles. The summed E-state index contributed by atoms with van der Waals surface area (Å²) in [7, 11) is 0. The third-order valence-corrected chi connectivity index (χ3v) is 5.63. The highest BCUT2D eigenvalue weighted by molar-refractivity contribution is 5.98. The van der Waals surface area contributed by atoms with Crippen LogP contribution in [0.1, 0.15) is 37.0 Å². The lowest BCUT2D eigenvalue weighted by Crippen LogP contribution is -2.51. The number of hydrogen-bond acceptors (Lipinski definition) is 6. The molecule has 164 valence electrons. The van der Waals surface area contributed by atoms with Crippen LogP contribution in [0.3, 0.4) is 0 Å². The molecule has 1 aromatic carbocycles. The lowest BCUT2D eigenvalue weighted by atomic mass is 10.1. The van der Waals surface area contributed by atoms with E-state index in [1.54, 1.807) is 23.1 Å². The first-order chi connectivity index (χ1) is 14.5. The molecule has 1 fully saturated rings. The third kappa shape index (κ3) is 5.50. The molecule has 0 radical (unpaired) electrons. The van der Waals surface area contributed by atoms with E-state index < -0.39 is 0 Å². The van der Waals surface area contributed by atoms with E-state index in [0.29, 0.717) is 76.1 Å². The average Bonchev–Trinajstić information content (AvgIpc) is 2.78. The minimum atomic E-state index is -0.0798. The number of Topliss-reactive ketones (excluding diaryl/α,β-unsaturated/α-hetero) is 1. The van der Waals surface area contributed by atoms with Crippen LogP contribution in [0.15, 0.2) is 18.2 Å². The first kappa shape index (κ1) is 22.1. The van der Waals surface area contributed by atoms with Gasteiger partial charge < -0.3 is 19.3 Å². The molecule has 30 heavy (non-hydrogen) atoms. The molecule has 2 aliphatic heterocycles. The Labute approximate surface area is 177 Å². The molecule has 2 amide bonds. The molecule has 8 nitrogen and oxygen atoms in total. The largest absolute Gasteiger partial charge is 0.486 e. The number of rotatable bonds is 8. The number of carbonyl (C=O) groups is 3. The van der Waals surface area contributed by atoms with Gasteiger partial charge in [0.2, 0.25) is 11.8 Å². The number of fused-ring (bicyclic) bond motifs is 1. The molecule has 0 aliphatic carbocycles. The lowest BCUT2D eigenvalue weighted by molar-refractivity contribution is -0.135. The number of carbonyl (C=O) groups excluding carboxylic acids is 3. The summed E-state index contributed by atoms with van der Waals surface area (Å²) in [6, 6.07) is 5.14. The molecule has 0 saturated carbocycles. The zero-order chi connectivity index (χ0) is 21.5. The molecule has 1 aromatic rings. The van der Waals surface area contributed by atoms with Gasteiger partial charge in [0.25, 0.3) is 0 Å². The molecule has 0 unspecified atom stereocenters. The van der Waals surface area contributed by atoms with Crippen LogP contribution < -0.4 is 9.47 Å². The second kappa shape index (κ2) is 10.4. The first-order valence-electron chi connectivity index (χ1n) is 10.7. The summed E-state index contributed by atoms with van der Waals surface area (Å²) in [4.78, 5) is 43.0. The van der Waals surface area contributed by atoms with Gasteiger partial charge in [0.1, 0.15) is 13.2 Å². The van der Waals surface area contributed by atoms with E-state index >= 15 is 0 Å². The maximum atomic E-state index is 12.5. The van der Waals surface area contributed by atoms with Gasteiger partial charge in [0, 0.05) is 57.7 Å². The summed E-state index contributed by atoms with van der Waals surface area (Å²) >= 11 is 0. The Kier molecular flexibility index (Phi) is 7.68. The maximum absolute atomic E-state index is 12.5. The van der Waals surface area contributed by atoms with Crippen molar-refractivity contribution in [1.29, 1.82) is 0 Å². The van der Waals surface area contributed by atoms with E-state index in [2.05, 4.69) is 4.90 Å². The Hall–Kier alpha value is -2.61. The number of ether oxygens (including phenoxy) is 2. The number of piperazine rings is 1. The number of likely N-dealkylation sites (N-methyl/N-ethyl adjacent to an activating group) is 1. The van der Waals surface area contributed by atoms with Crippen molar-refractivity contribution in [2.45, 2.75) is 26.7 Å². The van der Waals surface area contributed by atoms with Crippen LogP contribution in [-0.4, -0.2) is 91.3 Å². The van der Waals surface area contributed by atoms with Crippen LogP contribution in [0.4, 0.5) is 0 Å². The normalized spacial score (nSPS) is 16.3. The molecule has 3 rings (SSSR count). The molecule has 0 spiro atoms. The minimum Gasteiger partial charge on any atom is -0.486 e. The van der Waals surface area contributed by atoms with Gasteiger partial charge in [0.05, 0.1) is 6.54 Å². The van der Waals surface area contributed by atoms with Gasteiger partial charge in [-0.1, -0.05) is 0 Å². The molecule has 0 bridgehead atoms. The second-order valence-corrected chi connectivity index (χ2v) is 7.50. The van der Waals surface area contributed by atoms with Crippen LogP contribution in [0, 0.1) is 0 Å². The van der Waals surface area contributed by atoms with Gasteiger partial charge in [-0.15, -0.1) is 0 Å². The standard InChI is InChI=1S/C22H31N3O5/c1-3-24(4-2)22(28)16-23-9-11-25(12-10-23)21(27)8-6-18(26)17-5-7-19-20(15-17)30-14-13-29-19/h5,7,15H,3-4,6,8-14,16H2,1-2H3. The fraction of sp³-hybridized carbons (Fsp3) is 0.591. The number of nitrogens with zero attached hydrogens (tertiary/aromatic N) is 3. The first-order valence-corrected chi connectivity index (χ1v) is 10.7. The number of ketones is 1. The highest BCUT2D eigenvalue weighted by Gasteiger charge is 2.24.